The number of nitrogens with zero attached hydrogens (tertiary/aromatic N) is 2. The zero-order valence-corrected chi connectivity index (χ0v) is 8.55. The maximum Gasteiger partial charge on any atom is 0.0621 e. The smallest absolute Gasteiger partial charge is 0.0621 e. The van der Waals surface area contributed by atoms with E-state index in [1.807, 2.05) is 0 Å². The van der Waals surface area contributed by atoms with Crippen molar-refractivity contribution in [3.63, 3.8) is 0 Å². The lowest BCUT2D eigenvalue weighted by atomic mass is 9.99. The summed E-state index contributed by atoms with van der Waals surface area (Å²) in [4.78, 5) is 0. The number of unbranched alkanes of at least 4 members (excludes halogenated alkanes) is 2. The molecule has 0 aliphatic heterocycles. The lowest BCUT2D eigenvalue weighted by Crippen LogP contribution is -1.88. The number of allylic oxidation sites excluding steroid dienone is 2. The number of hydrogen-bond acceptors (Lipinski definition) is 2. The molecule has 0 fully saturated rings. The van der Waals surface area contributed by atoms with Crippen LogP contribution >= 0.6 is 0 Å². The summed E-state index contributed by atoms with van der Waals surface area (Å²) in [6.07, 6.45) is 4.55. The molecule has 0 N–H and O–H groups in total. The van der Waals surface area contributed by atoms with Crippen LogP contribution in [-0.2, 0) is 0 Å². The highest BCUT2D eigenvalue weighted by atomic mass is 14.2. The number of nitriles is 2. The Kier molecular flexibility index (Phi) is 7.19. The predicted molar refractivity (Wildman–Crippen MR) is 57.2 cm³/mol. The van der Waals surface area contributed by atoms with Crippen LogP contribution in [0.4, 0.5) is 0 Å². The van der Waals surface area contributed by atoms with Crippen LogP contribution < -0.4 is 0 Å². The van der Waals surface area contributed by atoms with E-state index in [1.165, 1.54) is 0 Å². The Hall–Kier alpha value is -1.54. The molecule has 0 aromatic heterocycles. The largest absolute Gasteiger partial charge is 0.198 e. The zero-order chi connectivity index (χ0) is 10.8. The van der Waals surface area contributed by atoms with E-state index >= 15 is 0 Å². The quantitative estimate of drug-likeness (QED) is 0.453. The third-order valence-electron chi connectivity index (χ3n) is 2.03. The second kappa shape index (κ2) is 8.08. The molecule has 14 heavy (non-hydrogen) atoms. The van der Waals surface area contributed by atoms with Gasteiger partial charge in [0.1, 0.15) is 0 Å². The molecule has 0 spiro atoms. The normalized spacial score (nSPS) is 8.71. The Labute approximate surface area is 86.2 Å². The molecule has 2 heteroatoms. The van der Waals surface area contributed by atoms with E-state index in [2.05, 4.69) is 25.3 Å². The molecule has 0 rings (SSSR count). The fourth-order valence-electron chi connectivity index (χ4n) is 1.12. The maximum absolute atomic E-state index is 8.35. The van der Waals surface area contributed by atoms with Gasteiger partial charge >= 0.3 is 0 Å². The fraction of sp³-hybridized carbons (Fsp3) is 0.500. The summed E-state index contributed by atoms with van der Waals surface area (Å²) in [6, 6.07) is 4.20. The Morgan fingerprint density at radius 1 is 0.857 bits per heavy atom. The van der Waals surface area contributed by atoms with E-state index in [-0.39, 0.29) is 0 Å². The van der Waals surface area contributed by atoms with Gasteiger partial charge in [-0.05, 0) is 25.7 Å². The zero-order valence-electron chi connectivity index (χ0n) is 8.55. The predicted octanol–water partition coefficient (Wildman–Crippen LogP) is 3.49. The topological polar surface area (TPSA) is 47.6 Å². The number of hydrogen-bond donors (Lipinski definition) is 0. The van der Waals surface area contributed by atoms with Crippen LogP contribution in [-0.4, -0.2) is 0 Å². The van der Waals surface area contributed by atoms with Gasteiger partial charge in [-0.15, -0.1) is 0 Å². The first-order valence-electron chi connectivity index (χ1n) is 4.82. The van der Waals surface area contributed by atoms with Gasteiger partial charge in [0.15, 0.2) is 0 Å². The van der Waals surface area contributed by atoms with E-state index in [4.69, 9.17) is 10.5 Å². The molecule has 0 aromatic rings. The minimum atomic E-state index is 0.574. The summed E-state index contributed by atoms with van der Waals surface area (Å²) >= 11 is 0. The number of rotatable bonds is 7. The van der Waals surface area contributed by atoms with Gasteiger partial charge in [0.2, 0.25) is 0 Å². The highest BCUT2D eigenvalue weighted by Crippen LogP contribution is 2.18. The van der Waals surface area contributed by atoms with Gasteiger partial charge in [-0.3, -0.25) is 0 Å². The molecule has 74 valence electrons. The highest BCUT2D eigenvalue weighted by molar-refractivity contribution is 5.24. The summed E-state index contributed by atoms with van der Waals surface area (Å²) < 4.78 is 0. The van der Waals surface area contributed by atoms with Crippen molar-refractivity contribution in [2.45, 2.75) is 38.5 Å². The van der Waals surface area contributed by atoms with E-state index in [1.54, 1.807) is 0 Å². The molecular formula is C12H16N2. The van der Waals surface area contributed by atoms with Gasteiger partial charge in [0.05, 0.1) is 12.1 Å². The minimum Gasteiger partial charge on any atom is -0.198 e. The van der Waals surface area contributed by atoms with Gasteiger partial charge in [-0.1, -0.05) is 24.3 Å². The summed E-state index contributed by atoms with van der Waals surface area (Å²) in [5.74, 6) is 0. The molecule has 2 nitrogen and oxygen atoms in total. The molecule has 0 bridgehead atoms. The first-order chi connectivity index (χ1) is 6.72. The molecule has 0 aromatic carbocycles. The van der Waals surface area contributed by atoms with Crippen molar-refractivity contribution in [3.05, 3.63) is 24.3 Å². The molecule has 0 aliphatic rings. The first kappa shape index (κ1) is 12.5. The van der Waals surface area contributed by atoms with E-state index in [0.29, 0.717) is 12.8 Å². The molecule has 0 amide bonds. The monoisotopic (exact) mass is 188 g/mol. The van der Waals surface area contributed by atoms with Crippen LogP contribution in [0, 0.1) is 22.7 Å². The van der Waals surface area contributed by atoms with Crippen molar-refractivity contribution in [2.75, 3.05) is 0 Å². The SMILES string of the molecule is C=C(CCCC#N)C(=C)CCCC#N. The van der Waals surface area contributed by atoms with Gasteiger partial charge < -0.3 is 0 Å². The Bertz CT molecular complexity index is 246. The summed E-state index contributed by atoms with van der Waals surface area (Å²) in [5, 5.41) is 16.7. The van der Waals surface area contributed by atoms with Crippen LogP contribution in [0.3, 0.4) is 0 Å². The minimum absolute atomic E-state index is 0.574. The lowest BCUT2D eigenvalue weighted by Gasteiger charge is -2.06. The van der Waals surface area contributed by atoms with E-state index < -0.39 is 0 Å². The fourth-order valence-corrected chi connectivity index (χ4v) is 1.12. The van der Waals surface area contributed by atoms with Crippen molar-refractivity contribution in [1.29, 1.82) is 10.5 Å². The van der Waals surface area contributed by atoms with Crippen LogP contribution in [0.5, 0.6) is 0 Å². The van der Waals surface area contributed by atoms with E-state index in [9.17, 15) is 0 Å². The molecule has 0 unspecified atom stereocenters. The van der Waals surface area contributed by atoms with Crippen LogP contribution in [0.25, 0.3) is 0 Å². The van der Waals surface area contributed by atoms with Crippen molar-refractivity contribution in [3.8, 4) is 12.1 Å². The molecule has 0 atom stereocenters. The molecule has 0 saturated carbocycles. The Morgan fingerprint density at radius 2 is 1.21 bits per heavy atom. The molecule has 0 heterocycles. The maximum atomic E-state index is 8.35. The Balaban J connectivity index is 3.62. The van der Waals surface area contributed by atoms with Gasteiger partial charge in [-0.25, -0.2) is 0 Å². The average molecular weight is 188 g/mol. The van der Waals surface area contributed by atoms with Crippen molar-refractivity contribution >= 4 is 0 Å². The van der Waals surface area contributed by atoms with Crippen LogP contribution in [0.1, 0.15) is 38.5 Å². The van der Waals surface area contributed by atoms with Gasteiger partial charge in [0, 0.05) is 12.8 Å². The molecular weight excluding hydrogens is 172 g/mol. The second-order valence-electron chi connectivity index (χ2n) is 3.23. The van der Waals surface area contributed by atoms with Crippen molar-refractivity contribution in [2.24, 2.45) is 0 Å². The molecule has 0 aliphatic carbocycles. The van der Waals surface area contributed by atoms with Gasteiger partial charge in [-0.2, -0.15) is 10.5 Å². The van der Waals surface area contributed by atoms with E-state index in [0.717, 1.165) is 36.8 Å². The van der Waals surface area contributed by atoms with Crippen molar-refractivity contribution in [1.82, 2.24) is 0 Å². The third kappa shape index (κ3) is 6.03. The standard InChI is InChI=1S/C12H16N2/c1-11(7-3-5-9-13)12(2)8-4-6-10-14/h1-8H2. The third-order valence-corrected chi connectivity index (χ3v) is 2.03. The Morgan fingerprint density at radius 3 is 1.50 bits per heavy atom. The van der Waals surface area contributed by atoms with Crippen LogP contribution in [0.15, 0.2) is 24.3 Å². The molecule has 0 saturated heterocycles. The lowest BCUT2D eigenvalue weighted by molar-refractivity contribution is 0.801. The summed E-state index contributed by atoms with van der Waals surface area (Å²) in [7, 11) is 0. The average Bonchev–Trinajstić information content (AvgIpc) is 2.18. The summed E-state index contributed by atoms with van der Waals surface area (Å²) in [6.45, 7) is 7.83. The van der Waals surface area contributed by atoms with Gasteiger partial charge in [0.25, 0.3) is 0 Å². The second-order valence-corrected chi connectivity index (χ2v) is 3.23. The van der Waals surface area contributed by atoms with Crippen LogP contribution in [0.2, 0.25) is 0 Å². The van der Waals surface area contributed by atoms with Crippen molar-refractivity contribution < 1.29 is 0 Å². The first-order valence-corrected chi connectivity index (χ1v) is 4.82. The molecule has 0 radical (unpaired) electrons. The highest BCUT2D eigenvalue weighted by Gasteiger charge is 2.00. The summed E-state index contributed by atoms with van der Waals surface area (Å²) in [5.41, 5.74) is 2.05.